The van der Waals surface area contributed by atoms with Gasteiger partial charge in [0.1, 0.15) is 0 Å². The number of methoxy groups -OCH3 is 2. The third kappa shape index (κ3) is 4.17. The Labute approximate surface area is 145 Å². The van der Waals surface area contributed by atoms with E-state index in [2.05, 4.69) is 22.3 Å². The van der Waals surface area contributed by atoms with Crippen LogP contribution in [0, 0.1) is 5.92 Å². The third-order valence-corrected chi connectivity index (χ3v) is 4.01. The lowest BCUT2D eigenvalue weighted by atomic mass is 10.1. The lowest BCUT2D eigenvalue weighted by molar-refractivity contribution is -0.146. The Hall–Kier alpha value is -2.83. The van der Waals surface area contributed by atoms with E-state index < -0.39 is 0 Å². The molecule has 1 aliphatic rings. The summed E-state index contributed by atoms with van der Waals surface area (Å²) in [6.07, 6.45) is 6.55. The van der Waals surface area contributed by atoms with Crippen LogP contribution in [-0.2, 0) is 16.1 Å². The Morgan fingerprint density at radius 3 is 2.84 bits per heavy atom. The molecule has 25 heavy (non-hydrogen) atoms. The van der Waals surface area contributed by atoms with E-state index in [0.29, 0.717) is 23.7 Å². The van der Waals surface area contributed by atoms with Crippen LogP contribution in [0.4, 0.5) is 0 Å². The van der Waals surface area contributed by atoms with E-state index in [1.165, 1.54) is 0 Å². The van der Waals surface area contributed by atoms with Crippen molar-refractivity contribution in [1.29, 1.82) is 0 Å². The topological polar surface area (TPSA) is 83.7 Å². The lowest BCUT2D eigenvalue weighted by Gasteiger charge is -2.07. The van der Waals surface area contributed by atoms with Gasteiger partial charge in [-0.15, -0.1) is 0 Å². The van der Waals surface area contributed by atoms with Crippen LogP contribution >= 0.6 is 0 Å². The minimum absolute atomic E-state index is 0.0322. The summed E-state index contributed by atoms with van der Waals surface area (Å²) >= 11 is 0. The number of benzene rings is 1. The van der Waals surface area contributed by atoms with E-state index in [1.807, 2.05) is 0 Å². The Bertz CT molecular complexity index is 769. The largest absolute Gasteiger partial charge is 0.493 e. The number of hydrogen-bond acceptors (Lipinski definition) is 7. The lowest BCUT2D eigenvalue weighted by Crippen LogP contribution is -2.09. The molecule has 0 N–H and O–H groups in total. The van der Waals surface area contributed by atoms with E-state index in [1.54, 1.807) is 32.4 Å². The maximum absolute atomic E-state index is 11.8. The number of allylic oxidation sites excluding steroid dienone is 2. The number of nitrogens with zero attached hydrogens (tertiary/aromatic N) is 2. The van der Waals surface area contributed by atoms with E-state index in [4.69, 9.17) is 18.7 Å². The summed E-state index contributed by atoms with van der Waals surface area (Å²) in [5.74, 6) is 1.85. The average Bonchev–Trinajstić information content (AvgIpc) is 3.31. The van der Waals surface area contributed by atoms with Crippen molar-refractivity contribution < 1.29 is 23.5 Å². The second kappa shape index (κ2) is 7.83. The molecule has 1 atom stereocenters. The fourth-order valence-electron chi connectivity index (χ4n) is 2.69. The van der Waals surface area contributed by atoms with Crippen LogP contribution in [0.15, 0.2) is 34.9 Å². The van der Waals surface area contributed by atoms with E-state index in [-0.39, 0.29) is 24.4 Å². The Balaban J connectivity index is 1.60. The van der Waals surface area contributed by atoms with E-state index in [0.717, 1.165) is 18.4 Å². The predicted molar refractivity (Wildman–Crippen MR) is 89.1 cm³/mol. The SMILES string of the molecule is COc1ccc(-c2noc(COC(=O)C[C@@H]3C=CCC3)n2)cc1OC. The standard InChI is InChI=1S/C18H20N2O5/c1-22-14-8-7-13(10-15(14)23-2)18-19-16(25-20-18)11-24-17(21)9-12-5-3-4-6-12/h3,5,7-8,10,12H,4,6,9,11H2,1-2H3/t12-/m1/s1. The van der Waals surface area contributed by atoms with Crippen molar-refractivity contribution in [2.45, 2.75) is 25.9 Å². The minimum atomic E-state index is -0.262. The van der Waals surface area contributed by atoms with Gasteiger partial charge in [0.25, 0.3) is 5.89 Å². The quantitative estimate of drug-likeness (QED) is 0.563. The molecule has 0 unspecified atom stereocenters. The molecule has 0 saturated carbocycles. The average molecular weight is 344 g/mol. The van der Waals surface area contributed by atoms with Gasteiger partial charge >= 0.3 is 5.97 Å². The number of hydrogen-bond donors (Lipinski definition) is 0. The molecule has 0 saturated heterocycles. The summed E-state index contributed by atoms with van der Waals surface area (Å²) in [4.78, 5) is 16.1. The van der Waals surface area contributed by atoms with Gasteiger partial charge in [-0.25, -0.2) is 0 Å². The van der Waals surface area contributed by atoms with Gasteiger partial charge in [-0.1, -0.05) is 17.3 Å². The molecule has 7 heteroatoms. The van der Waals surface area contributed by atoms with Crippen LogP contribution in [0.5, 0.6) is 11.5 Å². The first kappa shape index (κ1) is 17.0. The number of rotatable bonds is 7. The molecule has 2 aromatic rings. The fraction of sp³-hybridized carbons (Fsp3) is 0.389. The summed E-state index contributed by atoms with van der Waals surface area (Å²) in [6.45, 7) is -0.0322. The normalized spacial score (nSPS) is 16.0. The van der Waals surface area contributed by atoms with Crippen LogP contribution in [0.1, 0.15) is 25.2 Å². The van der Waals surface area contributed by atoms with Gasteiger partial charge in [-0.2, -0.15) is 4.98 Å². The monoisotopic (exact) mass is 344 g/mol. The van der Waals surface area contributed by atoms with Crippen molar-refractivity contribution >= 4 is 5.97 Å². The van der Waals surface area contributed by atoms with Gasteiger partial charge in [0.15, 0.2) is 18.1 Å². The molecule has 0 amide bonds. The maximum atomic E-state index is 11.8. The van der Waals surface area contributed by atoms with Crippen LogP contribution in [0.2, 0.25) is 0 Å². The zero-order chi connectivity index (χ0) is 17.6. The van der Waals surface area contributed by atoms with Crippen LogP contribution in [-0.4, -0.2) is 30.3 Å². The van der Waals surface area contributed by atoms with Crippen molar-refractivity contribution in [3.8, 4) is 22.9 Å². The molecule has 0 fully saturated rings. The molecule has 132 valence electrons. The number of carbonyl (C=O) groups is 1. The van der Waals surface area contributed by atoms with Gasteiger partial charge in [0.05, 0.1) is 20.6 Å². The maximum Gasteiger partial charge on any atom is 0.306 e. The van der Waals surface area contributed by atoms with Gasteiger partial charge in [-0.05, 0) is 37.0 Å². The molecule has 1 aromatic carbocycles. The van der Waals surface area contributed by atoms with Gasteiger partial charge in [0, 0.05) is 5.56 Å². The Kier molecular flexibility index (Phi) is 5.33. The Morgan fingerprint density at radius 1 is 1.28 bits per heavy atom. The van der Waals surface area contributed by atoms with E-state index >= 15 is 0 Å². The van der Waals surface area contributed by atoms with Crippen LogP contribution in [0.25, 0.3) is 11.4 Å². The summed E-state index contributed by atoms with van der Waals surface area (Å²) < 4.78 is 20.8. The van der Waals surface area contributed by atoms with Crippen molar-refractivity contribution in [1.82, 2.24) is 10.1 Å². The summed E-state index contributed by atoms with van der Waals surface area (Å²) in [5.41, 5.74) is 0.718. The highest BCUT2D eigenvalue weighted by atomic mass is 16.6. The Morgan fingerprint density at radius 2 is 2.12 bits per heavy atom. The molecule has 3 rings (SSSR count). The first-order chi connectivity index (χ1) is 12.2. The van der Waals surface area contributed by atoms with Crippen LogP contribution in [0.3, 0.4) is 0 Å². The number of carbonyl (C=O) groups excluding carboxylic acids is 1. The molecule has 1 heterocycles. The second-order valence-corrected chi connectivity index (χ2v) is 5.71. The van der Waals surface area contributed by atoms with E-state index in [9.17, 15) is 4.79 Å². The molecule has 0 spiro atoms. The fourth-order valence-corrected chi connectivity index (χ4v) is 2.69. The zero-order valence-electron chi connectivity index (χ0n) is 14.2. The molecule has 0 bridgehead atoms. The number of aromatic nitrogens is 2. The second-order valence-electron chi connectivity index (χ2n) is 5.71. The third-order valence-electron chi connectivity index (χ3n) is 4.01. The molecule has 7 nitrogen and oxygen atoms in total. The summed E-state index contributed by atoms with van der Waals surface area (Å²) in [7, 11) is 3.13. The molecule has 1 aliphatic carbocycles. The van der Waals surface area contributed by atoms with Crippen molar-refractivity contribution in [2.75, 3.05) is 14.2 Å². The smallest absolute Gasteiger partial charge is 0.306 e. The molecular weight excluding hydrogens is 324 g/mol. The molecular formula is C18H20N2O5. The highest BCUT2D eigenvalue weighted by Crippen LogP contribution is 2.31. The molecule has 0 aliphatic heterocycles. The first-order valence-corrected chi connectivity index (χ1v) is 8.07. The van der Waals surface area contributed by atoms with Crippen LogP contribution < -0.4 is 9.47 Å². The zero-order valence-corrected chi connectivity index (χ0v) is 14.2. The van der Waals surface area contributed by atoms with Gasteiger partial charge in [0.2, 0.25) is 5.82 Å². The van der Waals surface area contributed by atoms with Gasteiger partial charge < -0.3 is 18.7 Å². The molecule has 0 radical (unpaired) electrons. The highest BCUT2D eigenvalue weighted by Gasteiger charge is 2.17. The molecule has 1 aromatic heterocycles. The minimum Gasteiger partial charge on any atom is -0.493 e. The van der Waals surface area contributed by atoms with Gasteiger partial charge in [-0.3, -0.25) is 4.79 Å². The number of esters is 1. The highest BCUT2D eigenvalue weighted by molar-refractivity contribution is 5.70. The van der Waals surface area contributed by atoms with Crippen molar-refractivity contribution in [2.24, 2.45) is 5.92 Å². The predicted octanol–water partition coefficient (Wildman–Crippen LogP) is 3.15. The van der Waals surface area contributed by atoms with Crippen molar-refractivity contribution in [3.05, 3.63) is 36.2 Å². The van der Waals surface area contributed by atoms with Crippen molar-refractivity contribution in [3.63, 3.8) is 0 Å². The number of ether oxygens (including phenoxy) is 3. The summed E-state index contributed by atoms with van der Waals surface area (Å²) in [6, 6.07) is 5.32. The first-order valence-electron chi connectivity index (χ1n) is 8.07. The summed E-state index contributed by atoms with van der Waals surface area (Å²) in [5, 5.41) is 3.91.